The Balaban J connectivity index is 1.95. The minimum absolute atomic E-state index is 0.731. The van der Waals surface area contributed by atoms with Gasteiger partial charge >= 0.3 is 0 Å². The molecule has 0 saturated carbocycles. The Morgan fingerprint density at radius 1 is 1.12 bits per heavy atom. The van der Waals surface area contributed by atoms with Gasteiger partial charge < -0.3 is 14.8 Å². The van der Waals surface area contributed by atoms with Gasteiger partial charge in [-0.1, -0.05) is 25.8 Å². The first-order valence-corrected chi connectivity index (χ1v) is 9.06. The van der Waals surface area contributed by atoms with E-state index >= 15 is 0 Å². The molecule has 2 aromatic rings. The maximum atomic E-state index is 5.91. The standard InChI is InChI=1S/C20H31N3O2/c1-6-7-8-11-25-20-12-17(9-10-19(20)24-5)13-21-14-18-15(2)22-23(4)16(18)3/h9-10,12,21H,6-8,11,13-14H2,1-5H3. The summed E-state index contributed by atoms with van der Waals surface area (Å²) in [6, 6.07) is 6.13. The third-order valence-corrected chi connectivity index (χ3v) is 4.52. The monoisotopic (exact) mass is 345 g/mol. The fourth-order valence-electron chi connectivity index (χ4n) is 2.88. The van der Waals surface area contributed by atoms with Crippen LogP contribution in [0.2, 0.25) is 0 Å². The molecule has 2 rings (SSSR count). The first-order valence-electron chi connectivity index (χ1n) is 9.06. The van der Waals surface area contributed by atoms with Gasteiger partial charge in [-0.3, -0.25) is 4.68 Å². The Morgan fingerprint density at radius 3 is 2.56 bits per heavy atom. The van der Waals surface area contributed by atoms with Crippen molar-refractivity contribution in [2.45, 2.75) is 53.1 Å². The third-order valence-electron chi connectivity index (χ3n) is 4.52. The SMILES string of the molecule is CCCCCOc1cc(CNCc2c(C)nn(C)c2C)ccc1OC. The Morgan fingerprint density at radius 2 is 1.92 bits per heavy atom. The van der Waals surface area contributed by atoms with Crippen molar-refractivity contribution < 1.29 is 9.47 Å². The Kier molecular flexibility index (Phi) is 7.31. The number of nitrogens with one attached hydrogen (secondary N) is 1. The highest BCUT2D eigenvalue weighted by Crippen LogP contribution is 2.28. The fraction of sp³-hybridized carbons (Fsp3) is 0.550. The molecule has 1 heterocycles. The van der Waals surface area contributed by atoms with E-state index in [1.807, 2.05) is 17.8 Å². The number of nitrogens with zero attached hydrogens (tertiary/aromatic N) is 2. The largest absolute Gasteiger partial charge is 0.493 e. The first-order chi connectivity index (χ1) is 12.1. The predicted octanol–water partition coefficient (Wildman–Crippen LogP) is 3.90. The second-order valence-electron chi connectivity index (χ2n) is 6.42. The van der Waals surface area contributed by atoms with E-state index in [4.69, 9.17) is 9.47 Å². The van der Waals surface area contributed by atoms with Gasteiger partial charge in [0.15, 0.2) is 11.5 Å². The molecule has 5 heteroatoms. The van der Waals surface area contributed by atoms with Crippen molar-refractivity contribution >= 4 is 0 Å². The van der Waals surface area contributed by atoms with Crippen LogP contribution in [0.3, 0.4) is 0 Å². The van der Waals surface area contributed by atoms with Crippen LogP contribution in [0.1, 0.15) is 48.7 Å². The van der Waals surface area contributed by atoms with Crippen molar-refractivity contribution in [3.8, 4) is 11.5 Å². The van der Waals surface area contributed by atoms with Crippen molar-refractivity contribution in [3.05, 3.63) is 40.7 Å². The molecule has 1 N–H and O–H groups in total. The quantitative estimate of drug-likeness (QED) is 0.663. The summed E-state index contributed by atoms with van der Waals surface area (Å²) in [6.07, 6.45) is 3.45. The number of aromatic nitrogens is 2. The lowest BCUT2D eigenvalue weighted by atomic mass is 10.1. The van der Waals surface area contributed by atoms with Gasteiger partial charge in [-0.15, -0.1) is 0 Å². The van der Waals surface area contributed by atoms with Gasteiger partial charge in [0.1, 0.15) is 0 Å². The molecule has 0 aliphatic rings. The molecule has 0 aliphatic heterocycles. The summed E-state index contributed by atoms with van der Waals surface area (Å²) in [7, 11) is 3.66. The normalized spacial score (nSPS) is 10.9. The van der Waals surface area contributed by atoms with Crippen LogP contribution in [0.25, 0.3) is 0 Å². The summed E-state index contributed by atoms with van der Waals surface area (Å²) in [4.78, 5) is 0. The molecule has 5 nitrogen and oxygen atoms in total. The molecule has 0 spiro atoms. The van der Waals surface area contributed by atoms with Crippen LogP contribution in [-0.4, -0.2) is 23.5 Å². The zero-order chi connectivity index (χ0) is 18.2. The lowest BCUT2D eigenvalue weighted by Gasteiger charge is -2.13. The highest BCUT2D eigenvalue weighted by atomic mass is 16.5. The molecular formula is C20H31N3O2. The number of rotatable bonds is 10. The van der Waals surface area contributed by atoms with Crippen LogP contribution in [0.4, 0.5) is 0 Å². The molecule has 0 fully saturated rings. The van der Waals surface area contributed by atoms with Crippen molar-refractivity contribution in [3.63, 3.8) is 0 Å². The Hall–Kier alpha value is -2.01. The Labute approximate surface area is 151 Å². The number of ether oxygens (including phenoxy) is 2. The summed E-state index contributed by atoms with van der Waals surface area (Å²) in [5, 5.41) is 7.97. The zero-order valence-electron chi connectivity index (χ0n) is 16.2. The topological polar surface area (TPSA) is 48.3 Å². The van der Waals surface area contributed by atoms with Crippen LogP contribution >= 0.6 is 0 Å². The van der Waals surface area contributed by atoms with Crippen LogP contribution in [-0.2, 0) is 20.1 Å². The van der Waals surface area contributed by atoms with Gasteiger partial charge in [0.05, 0.1) is 19.4 Å². The molecule has 0 atom stereocenters. The second-order valence-corrected chi connectivity index (χ2v) is 6.42. The third kappa shape index (κ3) is 5.23. The smallest absolute Gasteiger partial charge is 0.161 e. The molecule has 0 aliphatic carbocycles. The lowest BCUT2D eigenvalue weighted by Crippen LogP contribution is -2.14. The van der Waals surface area contributed by atoms with Crippen molar-refractivity contribution in [1.82, 2.24) is 15.1 Å². The maximum Gasteiger partial charge on any atom is 0.161 e. The lowest BCUT2D eigenvalue weighted by molar-refractivity contribution is 0.285. The van der Waals surface area contributed by atoms with Crippen molar-refractivity contribution in [2.24, 2.45) is 7.05 Å². The van der Waals surface area contributed by atoms with Crippen LogP contribution in [0.15, 0.2) is 18.2 Å². The summed E-state index contributed by atoms with van der Waals surface area (Å²) in [6.45, 7) is 8.67. The summed E-state index contributed by atoms with van der Waals surface area (Å²) < 4.78 is 13.3. The van der Waals surface area contributed by atoms with Crippen LogP contribution in [0.5, 0.6) is 11.5 Å². The van der Waals surface area contributed by atoms with E-state index in [2.05, 4.69) is 43.3 Å². The average Bonchev–Trinajstić information content (AvgIpc) is 2.85. The zero-order valence-corrected chi connectivity index (χ0v) is 16.2. The molecule has 138 valence electrons. The molecule has 1 aromatic carbocycles. The van der Waals surface area contributed by atoms with Crippen LogP contribution in [0, 0.1) is 13.8 Å². The van der Waals surface area contributed by atoms with E-state index in [0.717, 1.165) is 43.3 Å². The Bertz CT molecular complexity index is 680. The summed E-state index contributed by atoms with van der Waals surface area (Å²) in [5.41, 5.74) is 4.75. The number of hydrogen-bond acceptors (Lipinski definition) is 4. The van der Waals surface area contributed by atoms with Crippen LogP contribution < -0.4 is 14.8 Å². The molecule has 0 radical (unpaired) electrons. The van der Waals surface area contributed by atoms with E-state index in [-0.39, 0.29) is 0 Å². The van der Waals surface area contributed by atoms with E-state index in [0.29, 0.717) is 0 Å². The van der Waals surface area contributed by atoms with E-state index in [1.165, 1.54) is 29.7 Å². The highest BCUT2D eigenvalue weighted by molar-refractivity contribution is 5.43. The van der Waals surface area contributed by atoms with Crippen molar-refractivity contribution in [2.75, 3.05) is 13.7 Å². The number of hydrogen-bond donors (Lipinski definition) is 1. The average molecular weight is 345 g/mol. The number of benzene rings is 1. The molecule has 1 aromatic heterocycles. The van der Waals surface area contributed by atoms with E-state index in [9.17, 15) is 0 Å². The minimum Gasteiger partial charge on any atom is -0.493 e. The van der Waals surface area contributed by atoms with Gasteiger partial charge in [-0.2, -0.15) is 5.10 Å². The predicted molar refractivity (Wildman–Crippen MR) is 101 cm³/mol. The van der Waals surface area contributed by atoms with E-state index in [1.54, 1.807) is 7.11 Å². The first kappa shape index (κ1) is 19.3. The van der Waals surface area contributed by atoms with Gasteiger partial charge in [0.25, 0.3) is 0 Å². The highest BCUT2D eigenvalue weighted by Gasteiger charge is 2.09. The molecule has 0 saturated heterocycles. The molecule has 0 amide bonds. The van der Waals surface area contributed by atoms with Crippen molar-refractivity contribution in [1.29, 1.82) is 0 Å². The van der Waals surface area contributed by atoms with Gasteiger partial charge in [-0.05, 0) is 38.0 Å². The maximum absolute atomic E-state index is 5.91. The van der Waals surface area contributed by atoms with Gasteiger partial charge in [-0.25, -0.2) is 0 Å². The number of unbranched alkanes of at least 4 members (excludes halogenated alkanes) is 2. The van der Waals surface area contributed by atoms with Gasteiger partial charge in [0, 0.05) is 31.4 Å². The fourth-order valence-corrected chi connectivity index (χ4v) is 2.88. The molecule has 0 bridgehead atoms. The summed E-state index contributed by atoms with van der Waals surface area (Å²) in [5.74, 6) is 1.62. The second kappa shape index (κ2) is 9.47. The number of methoxy groups -OCH3 is 1. The van der Waals surface area contributed by atoms with E-state index < -0.39 is 0 Å². The minimum atomic E-state index is 0.731. The van der Waals surface area contributed by atoms with Gasteiger partial charge in [0.2, 0.25) is 0 Å². The molecule has 25 heavy (non-hydrogen) atoms. The molecule has 0 unspecified atom stereocenters. The molecular weight excluding hydrogens is 314 g/mol. The summed E-state index contributed by atoms with van der Waals surface area (Å²) >= 11 is 0. The number of aryl methyl sites for hydroxylation is 2.